The first-order valence-electron chi connectivity index (χ1n) is 8.42. The molecule has 1 fully saturated rings. The summed E-state index contributed by atoms with van der Waals surface area (Å²) in [6.45, 7) is 3.24. The lowest BCUT2D eigenvalue weighted by molar-refractivity contribution is -0.905. The molecule has 0 unspecified atom stereocenters. The maximum absolute atomic E-state index is 13.1. The Morgan fingerprint density at radius 1 is 0.957 bits per heavy atom. The predicted molar refractivity (Wildman–Crippen MR) is 94.4 cm³/mol. The van der Waals surface area contributed by atoms with Crippen LogP contribution in [0.4, 0.5) is 0 Å². The highest BCUT2D eigenvalue weighted by Gasteiger charge is 2.27. The van der Waals surface area contributed by atoms with E-state index < -0.39 is 0 Å². The van der Waals surface area contributed by atoms with E-state index >= 15 is 0 Å². The second-order valence-corrected chi connectivity index (χ2v) is 6.79. The number of nitrogens with one attached hydrogen (secondary N) is 1. The molecule has 1 atom stereocenters. The van der Waals surface area contributed by atoms with Crippen LogP contribution in [0.25, 0.3) is 0 Å². The lowest BCUT2D eigenvalue weighted by Crippen LogP contribution is -3.13. The van der Waals surface area contributed by atoms with E-state index in [-0.39, 0.29) is 11.7 Å². The van der Waals surface area contributed by atoms with Gasteiger partial charge in [-0.1, -0.05) is 41.9 Å². The van der Waals surface area contributed by atoms with E-state index in [2.05, 4.69) is 12.1 Å². The topological polar surface area (TPSA) is 21.5 Å². The third-order valence-corrected chi connectivity index (χ3v) is 4.95. The summed E-state index contributed by atoms with van der Waals surface area (Å²) >= 11 is 5.95. The Bertz CT molecular complexity index is 632. The quantitative estimate of drug-likeness (QED) is 0.835. The van der Waals surface area contributed by atoms with E-state index in [1.165, 1.54) is 32.4 Å². The average molecular weight is 329 g/mol. The van der Waals surface area contributed by atoms with Gasteiger partial charge in [0.2, 0.25) is 0 Å². The van der Waals surface area contributed by atoms with Crippen molar-refractivity contribution in [3.05, 3.63) is 70.7 Å². The summed E-state index contributed by atoms with van der Waals surface area (Å²) in [6, 6.07) is 17.4. The summed E-state index contributed by atoms with van der Waals surface area (Å²) < 4.78 is 0. The minimum atomic E-state index is -0.0783. The molecule has 1 N–H and O–H groups in total. The van der Waals surface area contributed by atoms with E-state index in [1.807, 2.05) is 30.3 Å². The van der Waals surface area contributed by atoms with Gasteiger partial charge in [-0.25, -0.2) is 0 Å². The number of piperidine rings is 1. The second-order valence-electron chi connectivity index (χ2n) is 6.35. The zero-order valence-corrected chi connectivity index (χ0v) is 14.1. The van der Waals surface area contributed by atoms with Crippen molar-refractivity contribution in [1.82, 2.24) is 0 Å². The number of ketones is 1. The standard InChI is InChI=1S/C20H22ClNO/c21-18-11-9-17(10-12-18)20(23)19(16-7-3-1-4-8-16)15-22-13-5-2-6-14-22/h1,3-4,7-12,19H,2,5-6,13-15H2/p+1/t19-/m0/s1. The number of halogens is 1. The lowest BCUT2D eigenvalue weighted by Gasteiger charge is -2.27. The maximum atomic E-state index is 13.1. The number of rotatable bonds is 5. The number of carbonyl (C=O) groups excluding carboxylic acids is 1. The van der Waals surface area contributed by atoms with Crippen LogP contribution in [0.5, 0.6) is 0 Å². The average Bonchev–Trinajstić information content (AvgIpc) is 2.61. The molecular weight excluding hydrogens is 306 g/mol. The molecule has 2 aromatic carbocycles. The van der Waals surface area contributed by atoms with Crippen LogP contribution in [0.1, 0.15) is 41.1 Å². The van der Waals surface area contributed by atoms with Crippen LogP contribution in [0.15, 0.2) is 54.6 Å². The van der Waals surface area contributed by atoms with E-state index in [0.29, 0.717) is 5.02 Å². The Hall–Kier alpha value is -1.64. The first-order valence-corrected chi connectivity index (χ1v) is 8.80. The summed E-state index contributed by atoms with van der Waals surface area (Å²) in [6.07, 6.45) is 3.86. The van der Waals surface area contributed by atoms with Gasteiger partial charge in [0.05, 0.1) is 25.6 Å². The van der Waals surface area contributed by atoms with Crippen molar-refractivity contribution in [3.8, 4) is 0 Å². The van der Waals surface area contributed by atoms with Crippen molar-refractivity contribution in [2.75, 3.05) is 19.6 Å². The Morgan fingerprint density at radius 3 is 2.26 bits per heavy atom. The molecule has 2 aromatic rings. The van der Waals surface area contributed by atoms with Crippen LogP contribution < -0.4 is 4.90 Å². The smallest absolute Gasteiger partial charge is 0.175 e. The van der Waals surface area contributed by atoms with Crippen molar-refractivity contribution < 1.29 is 9.69 Å². The Morgan fingerprint density at radius 2 is 1.61 bits per heavy atom. The van der Waals surface area contributed by atoms with Gasteiger partial charge in [0.1, 0.15) is 0 Å². The van der Waals surface area contributed by atoms with Gasteiger partial charge in [0.15, 0.2) is 5.78 Å². The molecule has 1 heterocycles. The van der Waals surface area contributed by atoms with E-state index in [4.69, 9.17) is 11.6 Å². The summed E-state index contributed by atoms with van der Waals surface area (Å²) in [5, 5.41) is 0.666. The molecule has 0 aliphatic carbocycles. The molecule has 3 rings (SSSR count). The molecule has 1 aliphatic heterocycles. The fourth-order valence-corrected chi connectivity index (χ4v) is 3.53. The summed E-state index contributed by atoms with van der Waals surface area (Å²) in [5.74, 6) is 0.122. The third kappa shape index (κ3) is 4.21. The zero-order chi connectivity index (χ0) is 16.1. The number of quaternary nitrogens is 1. The van der Waals surface area contributed by atoms with Gasteiger partial charge in [-0.3, -0.25) is 4.79 Å². The Labute approximate surface area is 143 Å². The first-order chi connectivity index (χ1) is 11.2. The highest BCUT2D eigenvalue weighted by atomic mass is 35.5. The largest absolute Gasteiger partial charge is 0.334 e. The minimum Gasteiger partial charge on any atom is -0.334 e. The molecule has 1 saturated heterocycles. The molecule has 2 nitrogen and oxygen atoms in total. The van der Waals surface area contributed by atoms with Gasteiger partial charge in [0, 0.05) is 10.6 Å². The minimum absolute atomic E-state index is 0.0783. The molecule has 23 heavy (non-hydrogen) atoms. The van der Waals surface area contributed by atoms with Crippen molar-refractivity contribution >= 4 is 17.4 Å². The van der Waals surface area contributed by atoms with Gasteiger partial charge < -0.3 is 4.90 Å². The van der Waals surface area contributed by atoms with E-state index in [9.17, 15) is 4.79 Å². The highest BCUT2D eigenvalue weighted by Crippen LogP contribution is 2.21. The SMILES string of the molecule is O=C(c1ccc(Cl)cc1)[C@@H](C[NH+]1CCCCC1)c1ccccc1. The molecule has 0 amide bonds. The molecule has 3 heteroatoms. The number of likely N-dealkylation sites (tertiary alicyclic amines) is 1. The fourth-order valence-electron chi connectivity index (χ4n) is 3.41. The second kappa shape index (κ2) is 7.76. The Kier molecular flexibility index (Phi) is 5.47. The van der Waals surface area contributed by atoms with Gasteiger partial charge in [-0.05, 0) is 49.1 Å². The van der Waals surface area contributed by atoms with Gasteiger partial charge in [-0.2, -0.15) is 0 Å². The Balaban J connectivity index is 1.84. The van der Waals surface area contributed by atoms with E-state index in [1.54, 1.807) is 17.0 Å². The molecule has 0 saturated carbocycles. The predicted octanol–water partition coefficient (Wildman–Crippen LogP) is 3.38. The van der Waals surface area contributed by atoms with Crippen LogP contribution in [0.2, 0.25) is 5.02 Å². The number of hydrogen-bond donors (Lipinski definition) is 1. The van der Waals surface area contributed by atoms with Crippen molar-refractivity contribution in [2.45, 2.75) is 25.2 Å². The van der Waals surface area contributed by atoms with E-state index in [0.717, 1.165) is 17.7 Å². The van der Waals surface area contributed by atoms with Crippen molar-refractivity contribution in [3.63, 3.8) is 0 Å². The highest BCUT2D eigenvalue weighted by molar-refractivity contribution is 6.30. The van der Waals surface area contributed by atoms with Crippen LogP contribution in [-0.2, 0) is 0 Å². The van der Waals surface area contributed by atoms with Gasteiger partial charge in [0.25, 0.3) is 0 Å². The molecule has 0 aromatic heterocycles. The van der Waals surface area contributed by atoms with Crippen LogP contribution >= 0.6 is 11.6 Å². The number of carbonyl (C=O) groups is 1. The summed E-state index contributed by atoms with van der Waals surface area (Å²) in [5.41, 5.74) is 1.87. The van der Waals surface area contributed by atoms with Crippen molar-refractivity contribution in [2.24, 2.45) is 0 Å². The number of benzene rings is 2. The summed E-state index contributed by atoms with van der Waals surface area (Å²) in [4.78, 5) is 14.6. The van der Waals surface area contributed by atoms with Crippen LogP contribution in [0, 0.1) is 0 Å². The molecule has 0 spiro atoms. The van der Waals surface area contributed by atoms with Crippen LogP contribution in [0.3, 0.4) is 0 Å². The first kappa shape index (κ1) is 16.2. The zero-order valence-electron chi connectivity index (χ0n) is 13.3. The van der Waals surface area contributed by atoms with Crippen molar-refractivity contribution in [1.29, 1.82) is 0 Å². The number of Topliss-reactive ketones (excluding diaryl/α,β-unsaturated/α-hetero) is 1. The monoisotopic (exact) mass is 328 g/mol. The van der Waals surface area contributed by atoms with Crippen LogP contribution in [-0.4, -0.2) is 25.4 Å². The maximum Gasteiger partial charge on any atom is 0.175 e. The molecule has 0 bridgehead atoms. The molecular formula is C20H23ClNO+. The normalized spacial score (nSPS) is 16.9. The fraction of sp³-hybridized carbons (Fsp3) is 0.350. The molecule has 120 valence electrons. The third-order valence-electron chi connectivity index (χ3n) is 4.70. The lowest BCUT2D eigenvalue weighted by atomic mass is 9.89. The number of hydrogen-bond acceptors (Lipinski definition) is 1. The molecule has 1 aliphatic rings. The van der Waals surface area contributed by atoms with Gasteiger partial charge >= 0.3 is 0 Å². The summed E-state index contributed by atoms with van der Waals surface area (Å²) in [7, 11) is 0. The molecule has 0 radical (unpaired) electrons. The van der Waals surface area contributed by atoms with Gasteiger partial charge in [-0.15, -0.1) is 0 Å².